The number of rotatable bonds is 10. The van der Waals surface area contributed by atoms with E-state index in [1.807, 2.05) is 13.0 Å². The van der Waals surface area contributed by atoms with Gasteiger partial charge in [-0.2, -0.15) is 9.37 Å². The monoisotopic (exact) mass is 578 g/mol. The number of ether oxygens (including phenoxy) is 2. The fraction of sp³-hybridized carbons (Fsp3) is 0.241. The van der Waals surface area contributed by atoms with Gasteiger partial charge in [0.15, 0.2) is 17.2 Å². The molecular weight excluding hydrogens is 553 g/mol. The van der Waals surface area contributed by atoms with Crippen LogP contribution in [0, 0.1) is 24.4 Å². The maximum atomic E-state index is 15.4. The van der Waals surface area contributed by atoms with E-state index in [-0.39, 0.29) is 54.0 Å². The number of aryl methyl sites for hydroxylation is 1. The van der Waals surface area contributed by atoms with Crippen LogP contribution < -0.4 is 4.74 Å². The van der Waals surface area contributed by atoms with E-state index in [4.69, 9.17) is 9.47 Å². The van der Waals surface area contributed by atoms with Gasteiger partial charge in [0.1, 0.15) is 29.6 Å². The first kappa shape index (κ1) is 28.6. The lowest BCUT2D eigenvalue weighted by atomic mass is 10.1. The highest BCUT2D eigenvalue weighted by Crippen LogP contribution is 2.28. The summed E-state index contributed by atoms with van der Waals surface area (Å²) < 4.78 is 57.5. The molecule has 0 spiro atoms. The molecule has 1 unspecified atom stereocenters. The molecule has 0 saturated heterocycles. The van der Waals surface area contributed by atoms with Crippen LogP contribution in [0.4, 0.5) is 13.2 Å². The lowest BCUT2D eigenvalue weighted by molar-refractivity contribution is 0.0690. The number of benzene rings is 1. The van der Waals surface area contributed by atoms with Crippen LogP contribution in [0.3, 0.4) is 0 Å². The summed E-state index contributed by atoms with van der Waals surface area (Å²) in [7, 11) is 1.51. The minimum absolute atomic E-state index is 0.0274. The zero-order valence-corrected chi connectivity index (χ0v) is 22.8. The summed E-state index contributed by atoms with van der Waals surface area (Å²) in [5.41, 5.74) is 1.65. The van der Waals surface area contributed by atoms with Gasteiger partial charge in [-0.3, -0.25) is 4.98 Å². The Morgan fingerprint density at radius 2 is 1.81 bits per heavy atom. The van der Waals surface area contributed by atoms with Crippen molar-refractivity contribution >= 4 is 17.1 Å². The Bertz CT molecular complexity index is 1780. The topological polar surface area (TPSA) is 125 Å². The number of pyridine rings is 2. The summed E-state index contributed by atoms with van der Waals surface area (Å²) in [6.45, 7) is 3.82. The van der Waals surface area contributed by atoms with E-state index in [9.17, 15) is 14.3 Å². The molecule has 4 heterocycles. The van der Waals surface area contributed by atoms with E-state index in [0.717, 1.165) is 23.9 Å². The van der Waals surface area contributed by atoms with Gasteiger partial charge in [-0.25, -0.2) is 28.5 Å². The number of hydrogen-bond donors (Lipinski definition) is 1. The van der Waals surface area contributed by atoms with E-state index in [1.165, 1.54) is 19.2 Å². The Hall–Kier alpha value is -4.91. The lowest BCUT2D eigenvalue weighted by Crippen LogP contribution is -2.18. The Balaban J connectivity index is 1.45. The smallest absolute Gasteiger partial charge is 0.354 e. The van der Waals surface area contributed by atoms with Gasteiger partial charge >= 0.3 is 5.97 Å². The molecule has 0 radical (unpaired) electrons. The Morgan fingerprint density at radius 3 is 2.52 bits per heavy atom. The molecule has 0 saturated carbocycles. The second-order valence-corrected chi connectivity index (χ2v) is 9.59. The van der Waals surface area contributed by atoms with Crippen LogP contribution >= 0.6 is 0 Å². The molecule has 0 amide bonds. The quantitative estimate of drug-likeness (QED) is 0.246. The van der Waals surface area contributed by atoms with Crippen LogP contribution in [0.25, 0.3) is 22.6 Å². The highest BCUT2D eigenvalue weighted by molar-refractivity contribution is 5.88. The molecule has 10 nitrogen and oxygen atoms in total. The van der Waals surface area contributed by atoms with E-state index in [2.05, 4.69) is 24.9 Å². The summed E-state index contributed by atoms with van der Waals surface area (Å²) in [5.74, 6) is -4.07. The average molecular weight is 579 g/mol. The van der Waals surface area contributed by atoms with E-state index < -0.39 is 29.3 Å². The van der Waals surface area contributed by atoms with Crippen molar-refractivity contribution < 1.29 is 32.5 Å². The first-order valence-electron chi connectivity index (χ1n) is 12.8. The summed E-state index contributed by atoms with van der Waals surface area (Å²) in [6, 6.07) is 8.28. The number of nitrogens with zero attached hydrogens (tertiary/aromatic N) is 6. The minimum Gasteiger partial charge on any atom is -0.477 e. The van der Waals surface area contributed by atoms with E-state index in [1.54, 1.807) is 23.8 Å². The largest absolute Gasteiger partial charge is 0.477 e. The molecule has 0 aliphatic heterocycles. The van der Waals surface area contributed by atoms with Crippen LogP contribution in [0.2, 0.25) is 0 Å². The molecule has 5 rings (SSSR count). The molecule has 5 aromatic rings. The van der Waals surface area contributed by atoms with Crippen LogP contribution in [-0.4, -0.2) is 53.8 Å². The highest BCUT2D eigenvalue weighted by Gasteiger charge is 2.21. The molecule has 1 atom stereocenters. The number of carbonyl (C=O) groups is 1. The Labute approximate surface area is 237 Å². The van der Waals surface area contributed by atoms with Crippen molar-refractivity contribution in [1.29, 1.82) is 0 Å². The van der Waals surface area contributed by atoms with Crippen LogP contribution in [0.1, 0.15) is 40.1 Å². The Morgan fingerprint density at radius 1 is 1.00 bits per heavy atom. The first-order valence-corrected chi connectivity index (χ1v) is 12.8. The second-order valence-electron chi connectivity index (χ2n) is 9.59. The molecule has 0 bridgehead atoms. The number of imidazole rings is 1. The minimum atomic E-state index is -1.21. The third-order valence-corrected chi connectivity index (χ3v) is 6.50. The predicted octanol–water partition coefficient (Wildman–Crippen LogP) is 4.91. The van der Waals surface area contributed by atoms with Crippen molar-refractivity contribution in [3.63, 3.8) is 0 Å². The molecule has 13 heteroatoms. The predicted molar refractivity (Wildman–Crippen MR) is 144 cm³/mol. The molecule has 1 aromatic carbocycles. The number of fused-ring (bicyclic) bond motifs is 1. The summed E-state index contributed by atoms with van der Waals surface area (Å²) in [5, 5.41) is 9.37. The maximum absolute atomic E-state index is 15.4. The highest BCUT2D eigenvalue weighted by atomic mass is 19.1. The second kappa shape index (κ2) is 11.9. The summed E-state index contributed by atoms with van der Waals surface area (Å²) >= 11 is 0. The summed E-state index contributed by atoms with van der Waals surface area (Å²) in [4.78, 5) is 32.1. The average Bonchev–Trinajstić information content (AvgIpc) is 3.30. The van der Waals surface area contributed by atoms with Crippen molar-refractivity contribution in [2.45, 2.75) is 39.5 Å². The van der Waals surface area contributed by atoms with E-state index in [0.29, 0.717) is 17.0 Å². The third-order valence-electron chi connectivity index (χ3n) is 6.50. The van der Waals surface area contributed by atoms with Crippen molar-refractivity contribution in [2.24, 2.45) is 0 Å². The normalized spacial score (nSPS) is 12.0. The fourth-order valence-electron chi connectivity index (χ4n) is 4.20. The van der Waals surface area contributed by atoms with Gasteiger partial charge in [0.25, 0.3) is 5.88 Å². The third kappa shape index (κ3) is 6.05. The van der Waals surface area contributed by atoms with Gasteiger partial charge in [-0.15, -0.1) is 0 Å². The van der Waals surface area contributed by atoms with E-state index >= 15 is 8.78 Å². The molecule has 1 N–H and O–H groups in total. The zero-order valence-electron chi connectivity index (χ0n) is 22.8. The van der Waals surface area contributed by atoms with Crippen molar-refractivity contribution in [3.8, 4) is 17.3 Å². The number of methoxy groups -OCH3 is 1. The number of carboxylic acid groups (broad SMARTS) is 1. The molecule has 216 valence electrons. The standard InChI is InChI=1S/C29H25F3N6O4/c1-15-4-5-18(33-11-15)14-42-28-22(32)12-34-26(37-28)19-10-20(30)17(8-21(19)31)9-25-35-23-6-7-24(29(39)40)36-27(23)38(25)13-16(2)41-3/h4-8,10-12,16H,9,13-14H2,1-3H3,(H,39,40). The number of halogens is 3. The zero-order chi connectivity index (χ0) is 30.0. The molecular formula is C29H25F3N6O4. The number of hydrogen-bond acceptors (Lipinski definition) is 8. The molecule has 0 aliphatic rings. The van der Waals surface area contributed by atoms with Crippen LogP contribution in [-0.2, 0) is 24.3 Å². The van der Waals surface area contributed by atoms with Gasteiger partial charge in [0.05, 0.1) is 30.1 Å². The van der Waals surface area contributed by atoms with Gasteiger partial charge in [-0.05, 0) is 55.3 Å². The number of aromatic carboxylic acids is 1. The van der Waals surface area contributed by atoms with Crippen molar-refractivity contribution in [1.82, 2.24) is 29.5 Å². The SMILES string of the molecule is COC(C)Cn1c(Cc2cc(F)c(-c3ncc(F)c(OCc4ccc(C)cn4)n3)cc2F)nc2ccc(C(=O)O)nc21. The van der Waals surface area contributed by atoms with Crippen molar-refractivity contribution in [3.05, 3.63) is 94.6 Å². The van der Waals surface area contributed by atoms with Gasteiger partial charge < -0.3 is 19.1 Å². The molecule has 0 fully saturated rings. The van der Waals surface area contributed by atoms with Crippen molar-refractivity contribution in [2.75, 3.05) is 7.11 Å². The first-order chi connectivity index (χ1) is 20.1. The fourth-order valence-corrected chi connectivity index (χ4v) is 4.20. The Kier molecular flexibility index (Phi) is 8.11. The van der Waals surface area contributed by atoms with Crippen LogP contribution in [0.5, 0.6) is 5.88 Å². The van der Waals surface area contributed by atoms with Gasteiger partial charge in [-0.1, -0.05) is 6.07 Å². The molecule has 42 heavy (non-hydrogen) atoms. The molecule has 4 aromatic heterocycles. The summed E-state index contributed by atoms with van der Waals surface area (Å²) in [6.07, 6.45) is 2.01. The molecule has 0 aliphatic carbocycles. The number of aromatic nitrogens is 6. The maximum Gasteiger partial charge on any atom is 0.354 e. The van der Waals surface area contributed by atoms with Crippen LogP contribution in [0.15, 0.2) is 48.8 Å². The lowest BCUT2D eigenvalue weighted by Gasteiger charge is -2.14. The number of carboxylic acids is 1. The van der Waals surface area contributed by atoms with Gasteiger partial charge in [0, 0.05) is 19.7 Å². The van der Waals surface area contributed by atoms with Gasteiger partial charge in [0.2, 0.25) is 5.82 Å².